The van der Waals surface area contributed by atoms with E-state index in [1.807, 2.05) is 0 Å². The SMILES string of the molecule is CC1CN(C(CN)CC2CCCCC2)CCCO1. The fourth-order valence-corrected chi connectivity index (χ4v) is 3.56. The molecule has 2 aliphatic rings. The molecule has 0 aromatic heterocycles. The van der Waals surface area contributed by atoms with E-state index < -0.39 is 0 Å². The van der Waals surface area contributed by atoms with Gasteiger partial charge in [-0.1, -0.05) is 32.1 Å². The molecule has 1 heterocycles. The van der Waals surface area contributed by atoms with E-state index in [0.717, 1.165) is 32.0 Å². The Morgan fingerprint density at radius 2 is 2.00 bits per heavy atom. The van der Waals surface area contributed by atoms with E-state index in [9.17, 15) is 0 Å². The van der Waals surface area contributed by atoms with Gasteiger partial charge in [0, 0.05) is 32.3 Å². The van der Waals surface area contributed by atoms with Crippen molar-refractivity contribution in [3.63, 3.8) is 0 Å². The average Bonchev–Trinajstić information content (AvgIpc) is 2.62. The smallest absolute Gasteiger partial charge is 0.0674 e. The van der Waals surface area contributed by atoms with Gasteiger partial charge in [-0.3, -0.25) is 4.90 Å². The van der Waals surface area contributed by atoms with E-state index in [1.54, 1.807) is 0 Å². The molecule has 2 rings (SSSR count). The molecule has 18 heavy (non-hydrogen) atoms. The van der Waals surface area contributed by atoms with E-state index in [1.165, 1.54) is 45.1 Å². The topological polar surface area (TPSA) is 38.5 Å². The molecule has 2 N–H and O–H groups in total. The maximum absolute atomic E-state index is 6.03. The Kier molecular flexibility index (Phi) is 5.93. The number of hydrogen-bond acceptors (Lipinski definition) is 3. The van der Waals surface area contributed by atoms with Gasteiger partial charge in [-0.2, -0.15) is 0 Å². The minimum atomic E-state index is 0.368. The molecule has 106 valence electrons. The summed E-state index contributed by atoms with van der Waals surface area (Å²) in [6, 6.07) is 0.581. The Balaban J connectivity index is 1.85. The molecule has 2 fully saturated rings. The molecule has 0 radical (unpaired) electrons. The van der Waals surface area contributed by atoms with Crippen molar-refractivity contribution in [1.82, 2.24) is 4.90 Å². The van der Waals surface area contributed by atoms with Crippen LogP contribution in [0.2, 0.25) is 0 Å². The van der Waals surface area contributed by atoms with Crippen LogP contribution in [0, 0.1) is 5.92 Å². The van der Waals surface area contributed by atoms with Crippen LogP contribution in [-0.4, -0.2) is 43.3 Å². The van der Waals surface area contributed by atoms with Crippen LogP contribution < -0.4 is 5.73 Å². The van der Waals surface area contributed by atoms with Gasteiger partial charge in [0.25, 0.3) is 0 Å². The lowest BCUT2D eigenvalue weighted by Gasteiger charge is -2.34. The van der Waals surface area contributed by atoms with Gasteiger partial charge in [-0.25, -0.2) is 0 Å². The molecule has 3 heteroatoms. The van der Waals surface area contributed by atoms with Crippen molar-refractivity contribution in [2.24, 2.45) is 11.7 Å². The lowest BCUT2D eigenvalue weighted by atomic mass is 9.84. The summed E-state index contributed by atoms with van der Waals surface area (Å²) >= 11 is 0. The fraction of sp³-hybridized carbons (Fsp3) is 1.00. The van der Waals surface area contributed by atoms with Gasteiger partial charge in [0.1, 0.15) is 0 Å². The number of ether oxygens (including phenoxy) is 1. The van der Waals surface area contributed by atoms with Crippen LogP contribution in [-0.2, 0) is 4.74 Å². The Bertz CT molecular complexity index is 229. The summed E-state index contributed by atoms with van der Waals surface area (Å²) in [4.78, 5) is 2.59. The lowest BCUT2D eigenvalue weighted by Crippen LogP contribution is -2.44. The van der Waals surface area contributed by atoms with Crippen molar-refractivity contribution in [3.05, 3.63) is 0 Å². The van der Waals surface area contributed by atoms with Gasteiger partial charge >= 0.3 is 0 Å². The predicted molar refractivity (Wildman–Crippen MR) is 75.6 cm³/mol. The van der Waals surface area contributed by atoms with Crippen LogP contribution in [0.25, 0.3) is 0 Å². The second kappa shape index (κ2) is 7.46. The molecule has 2 atom stereocenters. The number of hydrogen-bond donors (Lipinski definition) is 1. The highest BCUT2D eigenvalue weighted by molar-refractivity contribution is 4.80. The summed E-state index contributed by atoms with van der Waals surface area (Å²) in [5.74, 6) is 0.923. The molecular formula is C15H30N2O. The van der Waals surface area contributed by atoms with Gasteiger partial charge in [-0.15, -0.1) is 0 Å². The van der Waals surface area contributed by atoms with E-state index in [4.69, 9.17) is 10.5 Å². The summed E-state index contributed by atoms with van der Waals surface area (Å²) in [6.45, 7) is 6.14. The highest BCUT2D eigenvalue weighted by Crippen LogP contribution is 2.28. The summed E-state index contributed by atoms with van der Waals surface area (Å²) in [5, 5.41) is 0. The maximum atomic E-state index is 6.03. The zero-order chi connectivity index (χ0) is 12.8. The van der Waals surface area contributed by atoms with Gasteiger partial charge in [-0.05, 0) is 25.7 Å². The van der Waals surface area contributed by atoms with Crippen LogP contribution in [0.15, 0.2) is 0 Å². The Hall–Kier alpha value is -0.120. The first-order valence-electron chi connectivity index (χ1n) is 7.85. The number of rotatable bonds is 4. The monoisotopic (exact) mass is 254 g/mol. The van der Waals surface area contributed by atoms with E-state index in [0.29, 0.717) is 12.1 Å². The van der Waals surface area contributed by atoms with E-state index in [2.05, 4.69) is 11.8 Å². The van der Waals surface area contributed by atoms with Gasteiger partial charge in [0.15, 0.2) is 0 Å². The zero-order valence-corrected chi connectivity index (χ0v) is 11.9. The number of nitrogens with zero attached hydrogens (tertiary/aromatic N) is 1. The van der Waals surface area contributed by atoms with Crippen molar-refractivity contribution in [2.45, 2.75) is 64.0 Å². The molecule has 0 bridgehead atoms. The zero-order valence-electron chi connectivity index (χ0n) is 11.9. The molecule has 0 amide bonds. The van der Waals surface area contributed by atoms with Crippen molar-refractivity contribution < 1.29 is 4.74 Å². The minimum Gasteiger partial charge on any atom is -0.377 e. The van der Waals surface area contributed by atoms with E-state index in [-0.39, 0.29) is 0 Å². The van der Waals surface area contributed by atoms with Crippen molar-refractivity contribution in [2.75, 3.05) is 26.2 Å². The third-order valence-electron chi connectivity index (χ3n) is 4.60. The maximum Gasteiger partial charge on any atom is 0.0674 e. The molecule has 1 aliphatic carbocycles. The molecular weight excluding hydrogens is 224 g/mol. The molecule has 1 saturated heterocycles. The van der Waals surface area contributed by atoms with E-state index >= 15 is 0 Å². The average molecular weight is 254 g/mol. The van der Waals surface area contributed by atoms with Crippen molar-refractivity contribution in [1.29, 1.82) is 0 Å². The first kappa shape index (κ1) is 14.3. The van der Waals surface area contributed by atoms with Crippen molar-refractivity contribution in [3.8, 4) is 0 Å². The van der Waals surface area contributed by atoms with Crippen LogP contribution >= 0.6 is 0 Å². The molecule has 2 unspecified atom stereocenters. The first-order chi connectivity index (χ1) is 8.79. The van der Waals surface area contributed by atoms with Crippen LogP contribution in [0.4, 0.5) is 0 Å². The van der Waals surface area contributed by atoms with Crippen LogP contribution in [0.3, 0.4) is 0 Å². The second-order valence-electron chi connectivity index (χ2n) is 6.16. The number of nitrogens with two attached hydrogens (primary N) is 1. The van der Waals surface area contributed by atoms with Crippen LogP contribution in [0.5, 0.6) is 0 Å². The third-order valence-corrected chi connectivity index (χ3v) is 4.60. The van der Waals surface area contributed by atoms with Gasteiger partial charge in [0.2, 0.25) is 0 Å². The van der Waals surface area contributed by atoms with Gasteiger partial charge in [0.05, 0.1) is 6.10 Å². The molecule has 3 nitrogen and oxygen atoms in total. The summed E-state index contributed by atoms with van der Waals surface area (Å²) in [7, 11) is 0. The third kappa shape index (κ3) is 4.22. The Labute approximate surface area is 112 Å². The highest BCUT2D eigenvalue weighted by Gasteiger charge is 2.25. The Morgan fingerprint density at radius 1 is 1.22 bits per heavy atom. The summed E-state index contributed by atoms with van der Waals surface area (Å²) in [6.07, 6.45) is 10.00. The molecule has 0 aromatic rings. The summed E-state index contributed by atoms with van der Waals surface area (Å²) < 4.78 is 5.74. The molecule has 1 aliphatic heterocycles. The predicted octanol–water partition coefficient (Wildman–Crippen LogP) is 2.39. The minimum absolute atomic E-state index is 0.368. The Morgan fingerprint density at radius 3 is 2.72 bits per heavy atom. The lowest BCUT2D eigenvalue weighted by molar-refractivity contribution is 0.0579. The molecule has 0 aromatic carbocycles. The van der Waals surface area contributed by atoms with Crippen molar-refractivity contribution >= 4 is 0 Å². The normalized spacial score (nSPS) is 30.0. The second-order valence-corrected chi connectivity index (χ2v) is 6.16. The summed E-state index contributed by atoms with van der Waals surface area (Å²) in [5.41, 5.74) is 6.03. The van der Waals surface area contributed by atoms with Crippen LogP contribution in [0.1, 0.15) is 51.9 Å². The highest BCUT2D eigenvalue weighted by atomic mass is 16.5. The standard InChI is InChI=1S/C15H30N2O/c1-13-12-17(8-5-9-18-13)15(11-16)10-14-6-3-2-4-7-14/h13-15H,2-12,16H2,1H3. The largest absolute Gasteiger partial charge is 0.377 e. The van der Waals surface area contributed by atoms with Gasteiger partial charge < -0.3 is 10.5 Å². The molecule has 0 spiro atoms. The molecule has 1 saturated carbocycles. The fourth-order valence-electron chi connectivity index (χ4n) is 3.56. The quantitative estimate of drug-likeness (QED) is 0.837. The first-order valence-corrected chi connectivity index (χ1v) is 7.85.